The zero-order chi connectivity index (χ0) is 13.1. The summed E-state index contributed by atoms with van der Waals surface area (Å²) in [6, 6.07) is 6.61. The fraction of sp³-hybridized carbons (Fsp3) is 0.417. The molecule has 0 saturated heterocycles. The molecule has 5 heteroatoms. The summed E-state index contributed by atoms with van der Waals surface area (Å²) in [4.78, 5) is 11.1. The molecule has 0 aromatic heterocycles. The average molecular weight is 255 g/mol. The van der Waals surface area contributed by atoms with Gasteiger partial charge in [0.25, 0.3) is 0 Å². The van der Waals surface area contributed by atoms with Gasteiger partial charge in [0.1, 0.15) is 0 Å². The highest BCUT2D eigenvalue weighted by Gasteiger charge is 2.18. The minimum atomic E-state index is -3.25. The quantitative estimate of drug-likeness (QED) is 0.757. The van der Waals surface area contributed by atoms with Gasteiger partial charge in [-0.2, -0.15) is 0 Å². The van der Waals surface area contributed by atoms with Crippen LogP contribution in [0.3, 0.4) is 0 Å². The molecule has 0 amide bonds. The number of rotatable bonds is 5. The molecular weight excluding hydrogens is 238 g/mol. The van der Waals surface area contributed by atoms with Gasteiger partial charge in [0.05, 0.1) is 11.4 Å². The summed E-state index contributed by atoms with van der Waals surface area (Å²) >= 11 is 0. The van der Waals surface area contributed by atoms with Crippen molar-refractivity contribution >= 4 is 21.5 Å². The minimum absolute atomic E-state index is 0.0297. The number of carbonyl (C=O) groups excluding carboxylic acids is 1. The maximum Gasteiger partial charge on any atom is 0.234 e. The van der Waals surface area contributed by atoms with Crippen molar-refractivity contribution in [2.75, 3.05) is 16.6 Å². The molecule has 0 aliphatic carbocycles. The Bertz CT molecular complexity index is 491. The number of ketones is 1. The van der Waals surface area contributed by atoms with E-state index in [1.165, 1.54) is 11.2 Å². The summed E-state index contributed by atoms with van der Waals surface area (Å²) in [7, 11) is -3.25. The standard InChI is InChI=1S/C12H17NO3S/c1-4-13(17(15,16)5-2)12-8-6-11(7-9-12)10(3)14/h6-9H,4-5H2,1-3H3. The van der Waals surface area contributed by atoms with Crippen molar-refractivity contribution in [2.45, 2.75) is 20.8 Å². The first-order chi connectivity index (χ1) is 7.92. The highest BCUT2D eigenvalue weighted by atomic mass is 32.2. The van der Waals surface area contributed by atoms with Gasteiger partial charge in [-0.25, -0.2) is 8.42 Å². The highest BCUT2D eigenvalue weighted by molar-refractivity contribution is 7.92. The molecule has 1 rings (SSSR count). The molecule has 0 N–H and O–H groups in total. The summed E-state index contributed by atoms with van der Waals surface area (Å²) in [5, 5.41) is 0. The van der Waals surface area contributed by atoms with Gasteiger partial charge in [0.15, 0.2) is 5.78 Å². The molecular formula is C12H17NO3S. The van der Waals surface area contributed by atoms with E-state index in [0.29, 0.717) is 17.8 Å². The Morgan fingerprint density at radius 2 is 1.71 bits per heavy atom. The van der Waals surface area contributed by atoms with Crippen LogP contribution in [0.4, 0.5) is 5.69 Å². The van der Waals surface area contributed by atoms with Gasteiger partial charge in [0, 0.05) is 12.1 Å². The Hall–Kier alpha value is -1.36. The number of hydrogen-bond donors (Lipinski definition) is 0. The Morgan fingerprint density at radius 3 is 2.06 bits per heavy atom. The predicted molar refractivity (Wildman–Crippen MR) is 68.9 cm³/mol. The van der Waals surface area contributed by atoms with E-state index in [2.05, 4.69) is 0 Å². The van der Waals surface area contributed by atoms with Gasteiger partial charge in [-0.3, -0.25) is 9.10 Å². The molecule has 0 aliphatic rings. The van der Waals surface area contributed by atoms with Crippen molar-refractivity contribution < 1.29 is 13.2 Å². The zero-order valence-electron chi connectivity index (χ0n) is 10.3. The van der Waals surface area contributed by atoms with Crippen molar-refractivity contribution in [1.29, 1.82) is 0 Å². The van der Waals surface area contributed by atoms with Crippen molar-refractivity contribution in [1.82, 2.24) is 0 Å². The van der Waals surface area contributed by atoms with Gasteiger partial charge in [-0.15, -0.1) is 0 Å². The van der Waals surface area contributed by atoms with Crippen LogP contribution in [-0.4, -0.2) is 26.5 Å². The smallest absolute Gasteiger partial charge is 0.234 e. The monoisotopic (exact) mass is 255 g/mol. The van der Waals surface area contributed by atoms with Gasteiger partial charge in [-0.05, 0) is 45.0 Å². The second kappa shape index (κ2) is 5.31. The Balaban J connectivity index is 3.10. The van der Waals surface area contributed by atoms with E-state index in [-0.39, 0.29) is 11.5 Å². The number of benzene rings is 1. The first-order valence-corrected chi connectivity index (χ1v) is 7.14. The molecule has 0 heterocycles. The Kier molecular flexibility index (Phi) is 4.28. The van der Waals surface area contributed by atoms with Crippen LogP contribution in [-0.2, 0) is 10.0 Å². The number of sulfonamides is 1. The van der Waals surface area contributed by atoms with E-state index >= 15 is 0 Å². The van der Waals surface area contributed by atoms with Crippen molar-refractivity contribution in [3.05, 3.63) is 29.8 Å². The van der Waals surface area contributed by atoms with E-state index in [1.807, 2.05) is 0 Å². The lowest BCUT2D eigenvalue weighted by Crippen LogP contribution is -2.32. The highest BCUT2D eigenvalue weighted by Crippen LogP contribution is 2.19. The van der Waals surface area contributed by atoms with Crippen molar-refractivity contribution in [3.63, 3.8) is 0 Å². The summed E-state index contributed by atoms with van der Waals surface area (Å²) in [5.74, 6) is 0.0351. The molecule has 0 fully saturated rings. The average Bonchev–Trinajstić information content (AvgIpc) is 2.30. The number of nitrogens with zero attached hydrogens (tertiary/aromatic N) is 1. The largest absolute Gasteiger partial charge is 0.295 e. The van der Waals surface area contributed by atoms with Gasteiger partial charge >= 0.3 is 0 Å². The first-order valence-electron chi connectivity index (χ1n) is 5.53. The van der Waals surface area contributed by atoms with E-state index in [4.69, 9.17) is 0 Å². The van der Waals surface area contributed by atoms with E-state index in [9.17, 15) is 13.2 Å². The third-order valence-electron chi connectivity index (χ3n) is 2.55. The molecule has 1 aromatic rings. The summed E-state index contributed by atoms with van der Waals surface area (Å²) in [5.41, 5.74) is 1.18. The van der Waals surface area contributed by atoms with E-state index in [0.717, 1.165) is 0 Å². The van der Waals surface area contributed by atoms with Crippen LogP contribution in [0.2, 0.25) is 0 Å². The van der Waals surface area contributed by atoms with E-state index < -0.39 is 10.0 Å². The molecule has 0 unspecified atom stereocenters. The van der Waals surface area contributed by atoms with Crippen LogP contribution < -0.4 is 4.31 Å². The topological polar surface area (TPSA) is 54.5 Å². The van der Waals surface area contributed by atoms with Crippen LogP contribution in [0.5, 0.6) is 0 Å². The summed E-state index contributed by atoms with van der Waals surface area (Å²) < 4.78 is 25.0. The van der Waals surface area contributed by atoms with Crippen molar-refractivity contribution in [2.24, 2.45) is 0 Å². The number of carbonyl (C=O) groups is 1. The Labute approximate surface area is 102 Å². The van der Waals surface area contributed by atoms with Gasteiger partial charge in [-0.1, -0.05) is 0 Å². The van der Waals surface area contributed by atoms with Crippen LogP contribution in [0.15, 0.2) is 24.3 Å². The second-order valence-corrected chi connectivity index (χ2v) is 5.85. The molecule has 17 heavy (non-hydrogen) atoms. The molecule has 0 saturated carbocycles. The van der Waals surface area contributed by atoms with Crippen LogP contribution in [0.25, 0.3) is 0 Å². The third-order valence-corrected chi connectivity index (χ3v) is 4.42. The summed E-state index contributed by atoms with van der Waals surface area (Å²) in [6.45, 7) is 5.26. The van der Waals surface area contributed by atoms with Crippen LogP contribution in [0, 0.1) is 0 Å². The Morgan fingerprint density at radius 1 is 1.18 bits per heavy atom. The molecule has 94 valence electrons. The number of anilines is 1. The lowest BCUT2D eigenvalue weighted by molar-refractivity contribution is 0.101. The number of hydrogen-bond acceptors (Lipinski definition) is 3. The molecule has 0 bridgehead atoms. The molecule has 1 aromatic carbocycles. The van der Waals surface area contributed by atoms with Crippen LogP contribution in [0.1, 0.15) is 31.1 Å². The maximum absolute atomic E-state index is 11.8. The first kappa shape index (κ1) is 13.7. The van der Waals surface area contributed by atoms with Crippen LogP contribution >= 0.6 is 0 Å². The molecule has 0 atom stereocenters. The number of Topliss-reactive ketones (excluding diaryl/α,β-unsaturated/α-hetero) is 1. The van der Waals surface area contributed by atoms with Gasteiger partial charge < -0.3 is 0 Å². The lowest BCUT2D eigenvalue weighted by atomic mass is 10.1. The second-order valence-electron chi connectivity index (χ2n) is 3.67. The summed E-state index contributed by atoms with van der Waals surface area (Å²) in [6.07, 6.45) is 0. The normalized spacial score (nSPS) is 11.2. The molecule has 0 aliphatic heterocycles. The fourth-order valence-corrected chi connectivity index (χ4v) is 2.71. The maximum atomic E-state index is 11.8. The zero-order valence-corrected chi connectivity index (χ0v) is 11.1. The lowest BCUT2D eigenvalue weighted by Gasteiger charge is -2.22. The van der Waals surface area contributed by atoms with Gasteiger partial charge in [0.2, 0.25) is 10.0 Å². The fourth-order valence-electron chi connectivity index (χ4n) is 1.56. The predicted octanol–water partition coefficient (Wildman–Crippen LogP) is 2.07. The molecule has 0 radical (unpaired) electrons. The van der Waals surface area contributed by atoms with E-state index in [1.54, 1.807) is 38.1 Å². The van der Waals surface area contributed by atoms with Crippen molar-refractivity contribution in [3.8, 4) is 0 Å². The molecule has 0 spiro atoms. The minimum Gasteiger partial charge on any atom is -0.295 e. The molecule has 4 nitrogen and oxygen atoms in total. The third kappa shape index (κ3) is 3.06. The SMILES string of the molecule is CCN(c1ccc(C(C)=O)cc1)S(=O)(=O)CC.